The molecule has 0 saturated carbocycles. The summed E-state index contributed by atoms with van der Waals surface area (Å²) >= 11 is 0. The van der Waals surface area contributed by atoms with Crippen molar-refractivity contribution >= 4 is 5.82 Å². The fraction of sp³-hybridized carbons (Fsp3) is 0.312. The van der Waals surface area contributed by atoms with Gasteiger partial charge in [0.05, 0.1) is 0 Å². The van der Waals surface area contributed by atoms with Gasteiger partial charge < -0.3 is 10.2 Å². The van der Waals surface area contributed by atoms with E-state index < -0.39 is 0 Å². The van der Waals surface area contributed by atoms with Gasteiger partial charge >= 0.3 is 0 Å². The second-order valence-corrected chi connectivity index (χ2v) is 4.72. The molecular weight excluding hydrogens is 234 g/mol. The second-order valence-electron chi connectivity index (χ2n) is 4.72. The third-order valence-electron chi connectivity index (χ3n) is 3.12. The number of hydrogen-bond acceptors (Lipinski definition) is 3. The molecule has 0 unspecified atom stereocenters. The van der Waals surface area contributed by atoms with E-state index in [0.717, 1.165) is 25.5 Å². The van der Waals surface area contributed by atoms with Gasteiger partial charge in [0.25, 0.3) is 0 Å². The van der Waals surface area contributed by atoms with E-state index in [1.54, 1.807) is 6.20 Å². The lowest BCUT2D eigenvalue weighted by molar-refractivity contribution is 0.345. The van der Waals surface area contributed by atoms with E-state index in [1.165, 1.54) is 11.1 Å². The predicted molar refractivity (Wildman–Crippen MR) is 80.0 cm³/mol. The highest BCUT2D eigenvalue weighted by Crippen LogP contribution is 2.10. The van der Waals surface area contributed by atoms with Crippen molar-refractivity contribution in [2.24, 2.45) is 0 Å². The van der Waals surface area contributed by atoms with Gasteiger partial charge in [0.1, 0.15) is 5.82 Å². The topological polar surface area (TPSA) is 28.2 Å². The van der Waals surface area contributed by atoms with Crippen LogP contribution in [0.2, 0.25) is 0 Å². The normalized spacial score (nSPS) is 10.7. The molecule has 1 N–H and O–H groups in total. The largest absolute Gasteiger partial charge is 0.366 e. The van der Waals surface area contributed by atoms with Gasteiger partial charge in [-0.25, -0.2) is 4.98 Å². The highest BCUT2D eigenvalue weighted by atomic mass is 15.1. The number of hydrogen-bond donors (Lipinski definition) is 1. The lowest BCUT2D eigenvalue weighted by Gasteiger charge is -2.14. The Hall–Kier alpha value is -1.87. The molecule has 0 aliphatic carbocycles. The molecule has 3 nitrogen and oxygen atoms in total. The first-order valence-corrected chi connectivity index (χ1v) is 6.69. The lowest BCUT2D eigenvalue weighted by atomic mass is 10.1. The zero-order valence-electron chi connectivity index (χ0n) is 11.6. The Balaban J connectivity index is 1.95. The molecule has 0 fully saturated rings. The summed E-state index contributed by atoms with van der Waals surface area (Å²) in [5.41, 5.74) is 2.64. The van der Waals surface area contributed by atoms with Crippen molar-refractivity contribution in [2.75, 3.05) is 18.9 Å². The van der Waals surface area contributed by atoms with Crippen LogP contribution in [0.15, 0.2) is 48.7 Å². The number of aromatic nitrogens is 1. The molecule has 0 atom stereocenters. The quantitative estimate of drug-likeness (QED) is 0.859. The predicted octanol–water partition coefficient (Wildman–Crippen LogP) is 3.15. The average Bonchev–Trinajstić information content (AvgIpc) is 2.46. The minimum Gasteiger partial charge on any atom is -0.366 e. The van der Waals surface area contributed by atoms with E-state index in [2.05, 4.69) is 53.4 Å². The first kappa shape index (κ1) is 13.6. The maximum Gasteiger partial charge on any atom is 0.126 e. The SMILES string of the molecule is CCN(C)Cc1cccc(CNc2ccccn2)c1. The van der Waals surface area contributed by atoms with Gasteiger partial charge in [-0.3, -0.25) is 0 Å². The summed E-state index contributed by atoms with van der Waals surface area (Å²) in [6.07, 6.45) is 1.80. The first-order valence-electron chi connectivity index (χ1n) is 6.69. The van der Waals surface area contributed by atoms with Gasteiger partial charge in [0.2, 0.25) is 0 Å². The Kier molecular flexibility index (Phi) is 4.93. The van der Waals surface area contributed by atoms with Gasteiger partial charge in [0.15, 0.2) is 0 Å². The first-order chi connectivity index (χ1) is 9.28. The van der Waals surface area contributed by atoms with Gasteiger partial charge in [-0.15, -0.1) is 0 Å². The summed E-state index contributed by atoms with van der Waals surface area (Å²) in [5.74, 6) is 0.915. The standard InChI is InChI=1S/C16H21N3/c1-3-19(2)13-15-8-6-7-14(11-15)12-18-16-9-4-5-10-17-16/h4-11H,3,12-13H2,1-2H3,(H,17,18). The van der Waals surface area contributed by atoms with E-state index in [0.29, 0.717) is 0 Å². The molecule has 1 heterocycles. The zero-order chi connectivity index (χ0) is 13.5. The molecule has 0 spiro atoms. The minimum absolute atomic E-state index is 0.806. The third-order valence-corrected chi connectivity index (χ3v) is 3.12. The highest BCUT2D eigenvalue weighted by Gasteiger charge is 2.00. The number of benzene rings is 1. The van der Waals surface area contributed by atoms with Crippen molar-refractivity contribution < 1.29 is 0 Å². The molecular formula is C16H21N3. The number of nitrogens with one attached hydrogen (secondary N) is 1. The maximum absolute atomic E-state index is 4.26. The molecule has 0 saturated heterocycles. The Bertz CT molecular complexity index is 496. The molecule has 0 amide bonds. The molecule has 0 bridgehead atoms. The molecule has 0 radical (unpaired) electrons. The van der Waals surface area contributed by atoms with Crippen LogP contribution in [0.25, 0.3) is 0 Å². The summed E-state index contributed by atoms with van der Waals surface area (Å²) in [6.45, 7) is 5.04. The van der Waals surface area contributed by atoms with Crippen molar-refractivity contribution in [3.63, 3.8) is 0 Å². The summed E-state index contributed by atoms with van der Waals surface area (Å²) in [4.78, 5) is 6.56. The van der Waals surface area contributed by atoms with E-state index in [-0.39, 0.29) is 0 Å². The van der Waals surface area contributed by atoms with Crippen LogP contribution in [-0.4, -0.2) is 23.5 Å². The highest BCUT2D eigenvalue weighted by molar-refractivity contribution is 5.35. The molecule has 3 heteroatoms. The monoisotopic (exact) mass is 255 g/mol. The van der Waals surface area contributed by atoms with Gasteiger partial charge in [-0.2, -0.15) is 0 Å². The Labute approximate surface area is 115 Å². The van der Waals surface area contributed by atoms with E-state index in [4.69, 9.17) is 0 Å². The van der Waals surface area contributed by atoms with E-state index >= 15 is 0 Å². The molecule has 1 aromatic carbocycles. The number of nitrogens with zero attached hydrogens (tertiary/aromatic N) is 2. The fourth-order valence-electron chi connectivity index (χ4n) is 1.92. The van der Waals surface area contributed by atoms with Gasteiger partial charge in [-0.1, -0.05) is 37.3 Å². The Morgan fingerprint density at radius 2 is 1.95 bits per heavy atom. The summed E-state index contributed by atoms with van der Waals surface area (Å²) < 4.78 is 0. The van der Waals surface area contributed by atoms with Crippen LogP contribution < -0.4 is 5.32 Å². The average molecular weight is 255 g/mol. The number of anilines is 1. The van der Waals surface area contributed by atoms with Crippen LogP contribution in [-0.2, 0) is 13.1 Å². The van der Waals surface area contributed by atoms with Crippen LogP contribution >= 0.6 is 0 Å². The van der Waals surface area contributed by atoms with Crippen molar-refractivity contribution in [2.45, 2.75) is 20.0 Å². The van der Waals surface area contributed by atoms with Crippen LogP contribution in [0.4, 0.5) is 5.82 Å². The lowest BCUT2D eigenvalue weighted by Crippen LogP contribution is -2.16. The Morgan fingerprint density at radius 3 is 2.68 bits per heavy atom. The zero-order valence-corrected chi connectivity index (χ0v) is 11.6. The van der Waals surface area contributed by atoms with Gasteiger partial charge in [-0.05, 0) is 36.9 Å². The van der Waals surface area contributed by atoms with Gasteiger partial charge in [0, 0.05) is 19.3 Å². The maximum atomic E-state index is 4.26. The Morgan fingerprint density at radius 1 is 1.11 bits per heavy atom. The number of rotatable bonds is 6. The van der Waals surface area contributed by atoms with Crippen molar-refractivity contribution in [1.82, 2.24) is 9.88 Å². The molecule has 100 valence electrons. The molecule has 2 rings (SSSR count). The summed E-state index contributed by atoms with van der Waals surface area (Å²) in [5, 5.41) is 3.33. The number of pyridine rings is 1. The molecule has 19 heavy (non-hydrogen) atoms. The molecule has 1 aromatic heterocycles. The van der Waals surface area contributed by atoms with Crippen molar-refractivity contribution in [3.05, 3.63) is 59.8 Å². The van der Waals surface area contributed by atoms with E-state index in [9.17, 15) is 0 Å². The summed E-state index contributed by atoms with van der Waals surface area (Å²) in [7, 11) is 2.14. The summed E-state index contributed by atoms with van der Waals surface area (Å²) in [6, 6.07) is 14.6. The van der Waals surface area contributed by atoms with E-state index in [1.807, 2.05) is 18.2 Å². The third kappa shape index (κ3) is 4.38. The molecule has 0 aliphatic rings. The van der Waals surface area contributed by atoms with Crippen molar-refractivity contribution in [1.29, 1.82) is 0 Å². The van der Waals surface area contributed by atoms with Crippen LogP contribution in [0.5, 0.6) is 0 Å². The second kappa shape index (κ2) is 6.90. The van der Waals surface area contributed by atoms with Crippen LogP contribution in [0.1, 0.15) is 18.1 Å². The minimum atomic E-state index is 0.806. The van der Waals surface area contributed by atoms with Crippen LogP contribution in [0.3, 0.4) is 0 Å². The smallest absolute Gasteiger partial charge is 0.126 e. The fourth-order valence-corrected chi connectivity index (χ4v) is 1.92. The van der Waals surface area contributed by atoms with Crippen molar-refractivity contribution in [3.8, 4) is 0 Å². The van der Waals surface area contributed by atoms with Crippen LogP contribution in [0, 0.1) is 0 Å². The molecule has 2 aromatic rings. The molecule has 0 aliphatic heterocycles.